The predicted molar refractivity (Wildman–Crippen MR) is 177 cm³/mol. The molecule has 8 nitrogen and oxygen atoms in total. The Bertz CT molecular complexity index is 1040. The van der Waals surface area contributed by atoms with Gasteiger partial charge in [-0.25, -0.2) is 0 Å². The van der Waals surface area contributed by atoms with Crippen LogP contribution in [0.5, 0.6) is 0 Å². The molecule has 0 radical (unpaired) electrons. The monoisotopic (exact) mass is 618 g/mol. The lowest BCUT2D eigenvalue weighted by Gasteiger charge is -2.43. The van der Waals surface area contributed by atoms with Crippen LogP contribution in [0.1, 0.15) is 101 Å². The molecule has 0 aromatic rings. The molecule has 1 saturated heterocycles. The number of methoxy groups -OCH3 is 1. The Morgan fingerprint density at radius 3 is 1.86 bits per heavy atom. The topological polar surface area (TPSA) is 130 Å². The largest absolute Gasteiger partial charge is 0.511 e. The zero-order valence-electron chi connectivity index (χ0n) is 28.7. The highest BCUT2D eigenvalue weighted by atomic mass is 16.6. The summed E-state index contributed by atoms with van der Waals surface area (Å²) in [5.74, 6) is -4.40. The first-order chi connectivity index (χ1) is 21.3. The Kier molecular flexibility index (Phi) is 22.7. The van der Waals surface area contributed by atoms with Crippen molar-refractivity contribution in [2.75, 3.05) is 13.7 Å². The van der Waals surface area contributed by atoms with Gasteiger partial charge < -0.3 is 24.8 Å². The van der Waals surface area contributed by atoms with Crippen LogP contribution in [-0.2, 0) is 23.9 Å². The van der Waals surface area contributed by atoms with Gasteiger partial charge in [-0.3, -0.25) is 14.4 Å². The van der Waals surface area contributed by atoms with Crippen LogP contribution in [0.25, 0.3) is 0 Å². The number of Topliss-reactive ketones (excluding diaryl/α,β-unsaturated/α-hetero) is 3. The number of allylic oxidation sites excluding steroid dienone is 8. The fourth-order valence-corrected chi connectivity index (χ4v) is 5.68. The number of carbonyl (C=O) groups is 3. The van der Waals surface area contributed by atoms with E-state index < -0.39 is 30.0 Å². The molecule has 3 fully saturated rings. The van der Waals surface area contributed by atoms with Gasteiger partial charge in [-0.2, -0.15) is 0 Å². The van der Waals surface area contributed by atoms with Gasteiger partial charge >= 0.3 is 0 Å². The van der Waals surface area contributed by atoms with E-state index in [0.717, 1.165) is 25.9 Å². The molecule has 0 aromatic carbocycles. The van der Waals surface area contributed by atoms with Crippen molar-refractivity contribution in [2.45, 2.75) is 107 Å². The van der Waals surface area contributed by atoms with Crippen molar-refractivity contribution in [3.8, 4) is 12.8 Å². The van der Waals surface area contributed by atoms with E-state index in [2.05, 4.69) is 12.8 Å². The van der Waals surface area contributed by atoms with Crippen LogP contribution in [0.2, 0.25) is 0 Å². The Balaban J connectivity index is 0. The van der Waals surface area contributed by atoms with Crippen LogP contribution in [0.4, 0.5) is 0 Å². The molecule has 1 aliphatic heterocycles. The van der Waals surface area contributed by atoms with Crippen LogP contribution in [-0.4, -0.2) is 52.7 Å². The van der Waals surface area contributed by atoms with E-state index in [0.29, 0.717) is 36.2 Å². The van der Waals surface area contributed by atoms with Gasteiger partial charge in [0.05, 0.1) is 30.8 Å². The van der Waals surface area contributed by atoms with Crippen LogP contribution >= 0.6 is 0 Å². The Morgan fingerprint density at radius 2 is 1.41 bits per heavy atom. The summed E-state index contributed by atoms with van der Waals surface area (Å²) in [6.07, 6.45) is 16.8. The fraction of sp³-hybridized carbons (Fsp3) is 0.639. The highest BCUT2D eigenvalue weighted by Gasteiger charge is 2.56. The average Bonchev–Trinajstić information content (AvgIpc) is 3.09. The van der Waals surface area contributed by atoms with Gasteiger partial charge in [0.15, 0.2) is 17.9 Å². The number of rotatable bonds is 2. The summed E-state index contributed by atoms with van der Waals surface area (Å²) < 4.78 is 10.1. The van der Waals surface area contributed by atoms with E-state index in [4.69, 9.17) is 14.6 Å². The van der Waals surface area contributed by atoms with Crippen LogP contribution < -0.4 is 0 Å². The lowest BCUT2D eigenvalue weighted by molar-refractivity contribution is -0.145. The SMILES string of the molecule is C#C.CC.CC.CC.CC.COC1=CC=CC2C(=O)C3C(O)=C4CC(C(C)=O)CCC4=C(O)C3C(=O)C12.O[C@H]1CCCCO1. The molecular formula is C36H58O8. The summed E-state index contributed by atoms with van der Waals surface area (Å²) in [6.45, 7) is 18.2. The van der Waals surface area contributed by atoms with Crippen molar-refractivity contribution < 1.29 is 39.2 Å². The number of terminal acetylenes is 1. The fourth-order valence-electron chi connectivity index (χ4n) is 5.68. The summed E-state index contributed by atoms with van der Waals surface area (Å²) in [7, 11) is 1.45. The zero-order valence-corrected chi connectivity index (χ0v) is 28.7. The van der Waals surface area contributed by atoms with Crippen molar-refractivity contribution >= 4 is 17.3 Å². The summed E-state index contributed by atoms with van der Waals surface area (Å²) in [5.41, 5.74) is 0.974. The standard InChI is InChI=1S/C21H22O6.C5H10O2.4C2H6.C2H2/c1-9(22)10-6-7-11-13(8-10)20(25)16-17(18(11)23)21(26)15-12(19(16)24)4-3-5-14(15)27-2;6-5-3-1-2-4-7-5;5*1-2/h3-5,10,12,15-17,23,25H,6-8H2,1-2H3;5-6H,1-4H2;4*1-2H3;1-2H/t;5-;;;;;/m.1...../s1. The third-order valence-electron chi connectivity index (χ3n) is 7.56. The van der Waals surface area contributed by atoms with Gasteiger partial charge in [0.1, 0.15) is 23.1 Å². The van der Waals surface area contributed by atoms with E-state index in [1.807, 2.05) is 55.4 Å². The number of hydrogen-bond acceptors (Lipinski definition) is 8. The quantitative estimate of drug-likeness (QED) is 0.270. The highest BCUT2D eigenvalue weighted by Crippen LogP contribution is 2.51. The van der Waals surface area contributed by atoms with Crippen molar-refractivity contribution in [1.29, 1.82) is 0 Å². The molecule has 5 unspecified atom stereocenters. The summed E-state index contributed by atoms with van der Waals surface area (Å²) in [6, 6.07) is 0. The summed E-state index contributed by atoms with van der Waals surface area (Å²) in [4.78, 5) is 38.2. The van der Waals surface area contributed by atoms with E-state index in [1.54, 1.807) is 18.2 Å². The zero-order chi connectivity index (χ0) is 34.6. The second kappa shape index (κ2) is 23.3. The highest BCUT2D eigenvalue weighted by molar-refractivity contribution is 6.05. The van der Waals surface area contributed by atoms with Gasteiger partial charge in [0, 0.05) is 12.5 Å². The number of ether oxygens (including phenoxy) is 2. The van der Waals surface area contributed by atoms with E-state index >= 15 is 0 Å². The van der Waals surface area contributed by atoms with Gasteiger partial charge in [-0.1, -0.05) is 67.5 Å². The maximum absolute atomic E-state index is 13.2. The van der Waals surface area contributed by atoms with Crippen molar-refractivity contribution in [3.63, 3.8) is 0 Å². The Labute approximate surface area is 266 Å². The molecule has 0 aromatic heterocycles. The molecule has 8 heteroatoms. The van der Waals surface area contributed by atoms with Gasteiger partial charge in [0.25, 0.3) is 0 Å². The smallest absolute Gasteiger partial charge is 0.156 e. The molecule has 5 rings (SSSR count). The molecule has 5 aliphatic rings. The molecule has 250 valence electrons. The first kappa shape index (κ1) is 43.0. The molecular weight excluding hydrogens is 560 g/mol. The molecule has 3 N–H and O–H groups in total. The lowest BCUT2D eigenvalue weighted by Crippen LogP contribution is -2.51. The summed E-state index contributed by atoms with van der Waals surface area (Å²) >= 11 is 0. The number of aliphatic hydroxyl groups excluding tert-OH is 3. The second-order valence-corrected chi connectivity index (χ2v) is 9.52. The van der Waals surface area contributed by atoms with E-state index in [9.17, 15) is 24.6 Å². The third-order valence-corrected chi connectivity index (χ3v) is 7.56. The first-order valence-electron chi connectivity index (χ1n) is 16.2. The lowest BCUT2D eigenvalue weighted by atomic mass is 9.59. The molecule has 0 spiro atoms. The molecule has 0 amide bonds. The molecule has 6 atom stereocenters. The van der Waals surface area contributed by atoms with Crippen LogP contribution in [0.3, 0.4) is 0 Å². The van der Waals surface area contributed by atoms with Crippen molar-refractivity contribution in [3.05, 3.63) is 46.7 Å². The minimum Gasteiger partial charge on any atom is -0.511 e. The van der Waals surface area contributed by atoms with Gasteiger partial charge in [0.2, 0.25) is 0 Å². The minimum absolute atomic E-state index is 0.0205. The Morgan fingerprint density at radius 1 is 0.864 bits per heavy atom. The normalized spacial score (nSPS) is 27.5. The Hall–Kier alpha value is -3.15. The number of hydrogen-bond donors (Lipinski definition) is 3. The van der Waals surface area contributed by atoms with Crippen molar-refractivity contribution in [1.82, 2.24) is 0 Å². The van der Waals surface area contributed by atoms with E-state index in [1.165, 1.54) is 14.0 Å². The molecule has 1 heterocycles. The maximum atomic E-state index is 13.2. The third kappa shape index (κ3) is 10.2. The minimum atomic E-state index is -1.09. The second-order valence-electron chi connectivity index (χ2n) is 9.52. The average molecular weight is 619 g/mol. The number of ketones is 3. The van der Waals surface area contributed by atoms with E-state index in [-0.39, 0.29) is 34.8 Å². The first-order valence-corrected chi connectivity index (χ1v) is 16.2. The number of carbonyl (C=O) groups excluding carboxylic acids is 3. The molecule has 44 heavy (non-hydrogen) atoms. The van der Waals surface area contributed by atoms with Gasteiger partial charge in [-0.15, -0.1) is 12.8 Å². The van der Waals surface area contributed by atoms with Crippen LogP contribution in [0, 0.1) is 42.4 Å². The molecule has 2 saturated carbocycles. The maximum Gasteiger partial charge on any atom is 0.156 e. The number of aliphatic hydroxyl groups is 3. The molecule has 0 bridgehead atoms. The van der Waals surface area contributed by atoms with Crippen LogP contribution in [0.15, 0.2) is 46.7 Å². The molecule has 4 aliphatic carbocycles. The predicted octanol–water partition coefficient (Wildman–Crippen LogP) is 7.59. The summed E-state index contributed by atoms with van der Waals surface area (Å²) in [5, 5.41) is 30.5. The number of fused-ring (bicyclic) bond motifs is 3. The van der Waals surface area contributed by atoms with Crippen molar-refractivity contribution in [2.24, 2.45) is 29.6 Å². The van der Waals surface area contributed by atoms with Gasteiger partial charge in [-0.05, 0) is 62.7 Å².